The molecule has 0 aliphatic heterocycles. The van der Waals surface area contributed by atoms with E-state index in [9.17, 15) is 26.3 Å². The minimum atomic E-state index is -4.82. The molecule has 0 amide bonds. The zero-order chi connectivity index (χ0) is 16.5. The summed E-state index contributed by atoms with van der Waals surface area (Å²) in [6, 6.07) is 7.64. The first-order chi connectivity index (χ1) is 10.1. The summed E-state index contributed by atoms with van der Waals surface area (Å²) in [4.78, 5) is 0. The minimum Gasteiger partial charge on any atom is -0.406 e. The molecule has 8 heteroatoms. The lowest BCUT2D eigenvalue weighted by Crippen LogP contribution is -2.16. The van der Waals surface area contributed by atoms with Crippen LogP contribution in [0.25, 0.3) is 11.1 Å². The molecule has 2 rings (SSSR count). The van der Waals surface area contributed by atoms with Crippen molar-refractivity contribution in [3.05, 3.63) is 52.5 Å². The summed E-state index contributed by atoms with van der Waals surface area (Å²) < 4.78 is 78.4. The molecule has 0 aromatic heterocycles. The van der Waals surface area contributed by atoms with Crippen molar-refractivity contribution in [1.29, 1.82) is 0 Å². The summed E-state index contributed by atoms with van der Waals surface area (Å²) in [5.74, 6) is -0.445. The molecule has 118 valence electrons. The largest absolute Gasteiger partial charge is 0.573 e. The number of halogens is 7. The average molecular weight is 385 g/mol. The van der Waals surface area contributed by atoms with Gasteiger partial charge in [-0.05, 0) is 41.5 Å². The first kappa shape index (κ1) is 16.7. The molecule has 0 bridgehead atoms. The van der Waals surface area contributed by atoms with E-state index in [0.717, 1.165) is 24.3 Å². The summed E-state index contributed by atoms with van der Waals surface area (Å²) in [5, 5.41) is 0. The first-order valence-electron chi connectivity index (χ1n) is 5.79. The second kappa shape index (κ2) is 5.83. The van der Waals surface area contributed by atoms with E-state index in [2.05, 4.69) is 20.7 Å². The maximum Gasteiger partial charge on any atom is 0.573 e. The van der Waals surface area contributed by atoms with E-state index < -0.39 is 23.9 Å². The molecule has 0 spiro atoms. The van der Waals surface area contributed by atoms with Crippen molar-refractivity contribution >= 4 is 15.9 Å². The molecule has 2 aromatic rings. The lowest BCUT2D eigenvalue weighted by Gasteiger charge is -2.12. The Kier molecular flexibility index (Phi) is 4.42. The highest BCUT2D eigenvalue weighted by Gasteiger charge is 2.32. The van der Waals surface area contributed by atoms with Crippen LogP contribution < -0.4 is 4.74 Å². The second-order valence-corrected chi connectivity index (χ2v) is 5.12. The first-order valence-corrected chi connectivity index (χ1v) is 6.58. The van der Waals surface area contributed by atoms with Crippen LogP contribution in [-0.4, -0.2) is 6.36 Å². The maximum absolute atomic E-state index is 12.7. The van der Waals surface area contributed by atoms with Gasteiger partial charge < -0.3 is 4.74 Å². The summed E-state index contributed by atoms with van der Waals surface area (Å²) in [7, 11) is 0. The van der Waals surface area contributed by atoms with Crippen molar-refractivity contribution < 1.29 is 31.1 Å². The van der Waals surface area contributed by atoms with Gasteiger partial charge in [0.1, 0.15) is 5.75 Å². The van der Waals surface area contributed by atoms with Gasteiger partial charge in [0.25, 0.3) is 0 Å². The number of hydrogen-bond donors (Lipinski definition) is 0. The fraction of sp³-hybridized carbons (Fsp3) is 0.143. The highest BCUT2D eigenvalue weighted by atomic mass is 79.9. The van der Waals surface area contributed by atoms with Crippen LogP contribution in [0.2, 0.25) is 0 Å². The molecule has 22 heavy (non-hydrogen) atoms. The summed E-state index contributed by atoms with van der Waals surface area (Å²) >= 11 is 3.12. The Balaban J connectivity index is 2.36. The van der Waals surface area contributed by atoms with Gasteiger partial charge in [-0.25, -0.2) is 0 Å². The van der Waals surface area contributed by atoms with E-state index >= 15 is 0 Å². The van der Waals surface area contributed by atoms with Crippen molar-refractivity contribution in [2.45, 2.75) is 12.5 Å². The SMILES string of the molecule is FC(F)(F)Oc1ccc(-c2cc(C(F)(F)F)ccc2Br)cc1. The lowest BCUT2D eigenvalue weighted by atomic mass is 10.0. The van der Waals surface area contributed by atoms with Gasteiger partial charge in [0, 0.05) is 4.47 Å². The lowest BCUT2D eigenvalue weighted by molar-refractivity contribution is -0.274. The smallest absolute Gasteiger partial charge is 0.406 e. The highest BCUT2D eigenvalue weighted by Crippen LogP contribution is 2.36. The van der Waals surface area contributed by atoms with Gasteiger partial charge in [0.15, 0.2) is 0 Å². The van der Waals surface area contributed by atoms with Gasteiger partial charge in [0.2, 0.25) is 0 Å². The molecule has 1 nitrogen and oxygen atoms in total. The second-order valence-electron chi connectivity index (χ2n) is 4.26. The fourth-order valence-corrected chi connectivity index (χ4v) is 2.23. The van der Waals surface area contributed by atoms with E-state index in [1.165, 1.54) is 18.2 Å². The Labute approximate surface area is 129 Å². The van der Waals surface area contributed by atoms with Gasteiger partial charge in [0.05, 0.1) is 5.56 Å². The van der Waals surface area contributed by atoms with E-state index in [0.29, 0.717) is 10.0 Å². The Bertz CT molecular complexity index is 661. The van der Waals surface area contributed by atoms with E-state index in [-0.39, 0.29) is 5.56 Å². The third-order valence-electron chi connectivity index (χ3n) is 2.69. The van der Waals surface area contributed by atoms with Crippen molar-refractivity contribution in [2.75, 3.05) is 0 Å². The predicted molar refractivity (Wildman–Crippen MR) is 71.3 cm³/mol. The van der Waals surface area contributed by atoms with Crippen molar-refractivity contribution in [1.82, 2.24) is 0 Å². The molecule has 0 fully saturated rings. The maximum atomic E-state index is 12.7. The van der Waals surface area contributed by atoms with Crippen LogP contribution >= 0.6 is 15.9 Å². The number of hydrogen-bond acceptors (Lipinski definition) is 1. The van der Waals surface area contributed by atoms with Crippen molar-refractivity contribution in [3.8, 4) is 16.9 Å². The molecule has 2 aromatic carbocycles. The van der Waals surface area contributed by atoms with Crippen LogP contribution in [-0.2, 0) is 6.18 Å². The monoisotopic (exact) mass is 384 g/mol. The zero-order valence-corrected chi connectivity index (χ0v) is 12.2. The normalized spacial score (nSPS) is 12.3. The number of alkyl halides is 6. The molecule has 0 atom stereocenters. The van der Waals surface area contributed by atoms with Crippen molar-refractivity contribution in [2.24, 2.45) is 0 Å². The average Bonchev–Trinajstić information content (AvgIpc) is 2.37. The van der Waals surface area contributed by atoms with Crippen LogP contribution in [0.3, 0.4) is 0 Å². The molecular formula is C14H7BrF6O. The van der Waals surface area contributed by atoms with Gasteiger partial charge in [-0.15, -0.1) is 13.2 Å². The number of rotatable bonds is 2. The molecule has 0 unspecified atom stereocenters. The third kappa shape index (κ3) is 4.16. The molecule has 0 saturated heterocycles. The number of ether oxygens (including phenoxy) is 1. The summed E-state index contributed by atoms with van der Waals surface area (Å²) in [5.41, 5.74) is -0.304. The molecular weight excluding hydrogens is 378 g/mol. The minimum absolute atomic E-state index is 0.216. The predicted octanol–water partition coefficient (Wildman–Crippen LogP) is 6.03. The Hall–Kier alpha value is -1.70. The Morgan fingerprint density at radius 1 is 0.818 bits per heavy atom. The van der Waals surface area contributed by atoms with Crippen LogP contribution in [0.1, 0.15) is 5.56 Å². The van der Waals surface area contributed by atoms with Crippen LogP contribution in [0.15, 0.2) is 46.9 Å². The highest BCUT2D eigenvalue weighted by molar-refractivity contribution is 9.10. The molecule has 0 aliphatic carbocycles. The topological polar surface area (TPSA) is 9.23 Å². The molecule has 0 N–H and O–H groups in total. The Morgan fingerprint density at radius 3 is 1.91 bits per heavy atom. The van der Waals surface area contributed by atoms with Crippen LogP contribution in [0, 0.1) is 0 Å². The fourth-order valence-electron chi connectivity index (χ4n) is 1.76. The molecule has 0 aliphatic rings. The molecule has 0 heterocycles. The van der Waals surface area contributed by atoms with Gasteiger partial charge >= 0.3 is 12.5 Å². The Morgan fingerprint density at radius 2 is 1.41 bits per heavy atom. The van der Waals surface area contributed by atoms with Gasteiger partial charge in [-0.3, -0.25) is 0 Å². The molecule has 0 saturated carbocycles. The van der Waals surface area contributed by atoms with E-state index in [1.807, 2.05) is 0 Å². The quantitative estimate of drug-likeness (QED) is 0.574. The van der Waals surface area contributed by atoms with E-state index in [1.54, 1.807) is 0 Å². The zero-order valence-electron chi connectivity index (χ0n) is 10.6. The summed E-state index contributed by atoms with van der Waals surface area (Å²) in [6.45, 7) is 0. The van der Waals surface area contributed by atoms with E-state index in [4.69, 9.17) is 0 Å². The van der Waals surface area contributed by atoms with Crippen LogP contribution in [0.5, 0.6) is 5.75 Å². The van der Waals surface area contributed by atoms with Gasteiger partial charge in [-0.1, -0.05) is 28.1 Å². The van der Waals surface area contributed by atoms with Gasteiger partial charge in [-0.2, -0.15) is 13.2 Å². The number of benzene rings is 2. The van der Waals surface area contributed by atoms with Crippen LogP contribution in [0.4, 0.5) is 26.3 Å². The molecule has 0 radical (unpaired) electrons. The third-order valence-corrected chi connectivity index (χ3v) is 3.38. The summed E-state index contributed by atoms with van der Waals surface area (Å²) in [6.07, 6.45) is -9.33. The van der Waals surface area contributed by atoms with Crippen molar-refractivity contribution in [3.63, 3.8) is 0 Å². The standard InChI is InChI=1S/C14H7BrF6O/c15-12-6-3-9(13(16,17)18)7-11(12)8-1-4-10(5-2-8)22-14(19,20)21/h1-7H.